The highest BCUT2D eigenvalue weighted by molar-refractivity contribution is 5.84. The van der Waals surface area contributed by atoms with Crippen molar-refractivity contribution < 1.29 is 14.3 Å². The standard InChI is InChI=1S/C23H26N2O3/c1-16(2)23(4,15-24)25-22(27)17(3)28-21(26)14-18-10-12-20(13-11-18)19-8-6-5-7-9-19/h5-13,16-17H,14H2,1-4H3,(H,25,27)/t17-,23-/m1/s1. The van der Waals surface area contributed by atoms with Gasteiger partial charge in [-0.2, -0.15) is 5.26 Å². The van der Waals surface area contributed by atoms with Crippen LogP contribution in [0.1, 0.15) is 33.3 Å². The van der Waals surface area contributed by atoms with Gasteiger partial charge < -0.3 is 10.1 Å². The van der Waals surface area contributed by atoms with Gasteiger partial charge in [0, 0.05) is 0 Å². The fraction of sp³-hybridized carbons (Fsp3) is 0.348. The van der Waals surface area contributed by atoms with E-state index in [1.807, 2.05) is 68.4 Å². The number of carbonyl (C=O) groups is 2. The molecule has 0 aliphatic carbocycles. The highest BCUT2D eigenvalue weighted by atomic mass is 16.5. The second-order valence-electron chi connectivity index (χ2n) is 7.33. The fourth-order valence-electron chi connectivity index (χ4n) is 2.56. The summed E-state index contributed by atoms with van der Waals surface area (Å²) in [6.45, 7) is 6.85. The van der Waals surface area contributed by atoms with E-state index in [4.69, 9.17) is 4.74 Å². The van der Waals surface area contributed by atoms with E-state index in [-0.39, 0.29) is 12.3 Å². The van der Waals surface area contributed by atoms with Crippen LogP contribution < -0.4 is 5.32 Å². The van der Waals surface area contributed by atoms with Gasteiger partial charge in [0.1, 0.15) is 5.54 Å². The average molecular weight is 378 g/mol. The van der Waals surface area contributed by atoms with Crippen LogP contribution >= 0.6 is 0 Å². The van der Waals surface area contributed by atoms with Crippen molar-refractivity contribution in [2.75, 3.05) is 0 Å². The first-order valence-corrected chi connectivity index (χ1v) is 9.32. The van der Waals surface area contributed by atoms with E-state index in [9.17, 15) is 14.9 Å². The van der Waals surface area contributed by atoms with Crippen LogP contribution in [0.5, 0.6) is 0 Å². The molecular weight excluding hydrogens is 352 g/mol. The highest BCUT2D eigenvalue weighted by Crippen LogP contribution is 2.20. The third kappa shape index (κ3) is 5.43. The molecule has 146 valence electrons. The van der Waals surface area contributed by atoms with Crippen molar-refractivity contribution in [3.05, 3.63) is 60.2 Å². The van der Waals surface area contributed by atoms with Gasteiger partial charge in [0.15, 0.2) is 6.10 Å². The first kappa shape index (κ1) is 21.2. The molecule has 0 aliphatic heterocycles. The molecular formula is C23H26N2O3. The van der Waals surface area contributed by atoms with Crippen LogP contribution in [0.2, 0.25) is 0 Å². The predicted molar refractivity (Wildman–Crippen MR) is 108 cm³/mol. The Hall–Kier alpha value is -3.13. The summed E-state index contributed by atoms with van der Waals surface area (Å²) >= 11 is 0. The Morgan fingerprint density at radius 2 is 1.61 bits per heavy atom. The summed E-state index contributed by atoms with van der Waals surface area (Å²) in [5.41, 5.74) is 1.97. The molecule has 5 nitrogen and oxygen atoms in total. The van der Waals surface area contributed by atoms with Crippen molar-refractivity contribution in [2.24, 2.45) is 5.92 Å². The van der Waals surface area contributed by atoms with Crippen molar-refractivity contribution in [2.45, 2.75) is 45.8 Å². The van der Waals surface area contributed by atoms with Crippen LogP contribution in [-0.2, 0) is 20.7 Å². The van der Waals surface area contributed by atoms with Crippen molar-refractivity contribution >= 4 is 11.9 Å². The van der Waals surface area contributed by atoms with E-state index in [0.29, 0.717) is 0 Å². The number of benzene rings is 2. The molecule has 0 spiro atoms. The summed E-state index contributed by atoms with van der Waals surface area (Å²) in [5.74, 6) is -1.05. The third-order valence-electron chi connectivity index (χ3n) is 4.86. The molecule has 0 fully saturated rings. The number of ether oxygens (including phenoxy) is 1. The van der Waals surface area contributed by atoms with Gasteiger partial charge in [0.05, 0.1) is 12.5 Å². The molecule has 0 unspecified atom stereocenters. The Bertz CT molecular complexity index is 854. The molecule has 2 rings (SSSR count). The first-order chi connectivity index (χ1) is 13.2. The smallest absolute Gasteiger partial charge is 0.311 e. The van der Waals surface area contributed by atoms with Gasteiger partial charge in [0.2, 0.25) is 0 Å². The molecule has 28 heavy (non-hydrogen) atoms. The number of amides is 1. The lowest BCUT2D eigenvalue weighted by molar-refractivity contribution is -0.154. The first-order valence-electron chi connectivity index (χ1n) is 9.32. The van der Waals surface area contributed by atoms with E-state index in [2.05, 4.69) is 11.4 Å². The van der Waals surface area contributed by atoms with Crippen molar-refractivity contribution in [1.29, 1.82) is 5.26 Å². The van der Waals surface area contributed by atoms with Gasteiger partial charge in [-0.1, -0.05) is 68.4 Å². The number of nitrogens with zero attached hydrogens (tertiary/aromatic N) is 1. The molecule has 0 saturated carbocycles. The third-order valence-corrected chi connectivity index (χ3v) is 4.86. The molecule has 2 atom stereocenters. The molecule has 0 bridgehead atoms. The number of hydrogen-bond acceptors (Lipinski definition) is 4. The number of nitriles is 1. The molecule has 0 radical (unpaired) electrons. The summed E-state index contributed by atoms with van der Waals surface area (Å²) in [4.78, 5) is 24.5. The Morgan fingerprint density at radius 1 is 1.04 bits per heavy atom. The number of esters is 1. The molecule has 5 heteroatoms. The lowest BCUT2D eigenvalue weighted by atomic mass is 9.90. The van der Waals surface area contributed by atoms with Crippen molar-refractivity contribution in [3.63, 3.8) is 0 Å². The average Bonchev–Trinajstić information content (AvgIpc) is 2.68. The number of rotatable bonds is 7. The SMILES string of the molecule is CC(C)[C@@](C)(C#N)NC(=O)[C@@H](C)OC(=O)Cc1ccc(-c2ccccc2)cc1. The van der Waals surface area contributed by atoms with E-state index in [1.165, 1.54) is 6.92 Å². The number of carbonyl (C=O) groups excluding carboxylic acids is 2. The number of hydrogen-bond donors (Lipinski definition) is 1. The highest BCUT2D eigenvalue weighted by Gasteiger charge is 2.32. The maximum atomic E-state index is 12.3. The monoisotopic (exact) mass is 378 g/mol. The van der Waals surface area contributed by atoms with Crippen LogP contribution in [0.25, 0.3) is 11.1 Å². The Morgan fingerprint density at radius 3 is 2.14 bits per heavy atom. The van der Waals surface area contributed by atoms with Gasteiger partial charge >= 0.3 is 5.97 Å². The molecule has 2 aromatic carbocycles. The molecule has 0 aliphatic rings. The second-order valence-corrected chi connectivity index (χ2v) is 7.33. The Kier molecular flexibility index (Phi) is 6.94. The van der Waals surface area contributed by atoms with E-state index >= 15 is 0 Å². The summed E-state index contributed by atoms with van der Waals surface area (Å²) in [6.07, 6.45) is -0.894. The topological polar surface area (TPSA) is 79.2 Å². The lowest BCUT2D eigenvalue weighted by Gasteiger charge is -2.28. The zero-order valence-electron chi connectivity index (χ0n) is 16.7. The van der Waals surface area contributed by atoms with Crippen molar-refractivity contribution in [3.8, 4) is 17.2 Å². The lowest BCUT2D eigenvalue weighted by Crippen LogP contribution is -2.52. The zero-order valence-corrected chi connectivity index (χ0v) is 16.7. The Labute approximate surface area is 166 Å². The molecule has 2 aromatic rings. The van der Waals surface area contributed by atoms with Gasteiger partial charge in [-0.25, -0.2) is 0 Å². The fourth-order valence-corrected chi connectivity index (χ4v) is 2.56. The van der Waals surface area contributed by atoms with E-state index in [1.54, 1.807) is 6.92 Å². The normalized spacial score (nSPS) is 13.9. The van der Waals surface area contributed by atoms with Crippen LogP contribution in [0.3, 0.4) is 0 Å². The summed E-state index contributed by atoms with van der Waals surface area (Å²) in [7, 11) is 0. The van der Waals surface area contributed by atoms with E-state index in [0.717, 1.165) is 16.7 Å². The summed E-state index contributed by atoms with van der Waals surface area (Å²) in [5, 5.41) is 12.0. The van der Waals surface area contributed by atoms with Crippen LogP contribution in [0.15, 0.2) is 54.6 Å². The molecule has 1 N–H and O–H groups in total. The van der Waals surface area contributed by atoms with Gasteiger partial charge in [-0.15, -0.1) is 0 Å². The summed E-state index contributed by atoms with van der Waals surface area (Å²) in [6, 6.07) is 19.7. The minimum absolute atomic E-state index is 0.0758. The van der Waals surface area contributed by atoms with Crippen LogP contribution in [-0.4, -0.2) is 23.5 Å². The van der Waals surface area contributed by atoms with Crippen LogP contribution in [0.4, 0.5) is 0 Å². The second kappa shape index (κ2) is 9.18. The molecule has 1 amide bonds. The quantitative estimate of drug-likeness (QED) is 0.742. The number of nitrogens with one attached hydrogen (secondary N) is 1. The van der Waals surface area contributed by atoms with Crippen LogP contribution in [0, 0.1) is 17.2 Å². The Balaban J connectivity index is 1.93. The maximum Gasteiger partial charge on any atom is 0.311 e. The van der Waals surface area contributed by atoms with Gasteiger partial charge in [0.25, 0.3) is 5.91 Å². The summed E-state index contributed by atoms with van der Waals surface area (Å²) < 4.78 is 5.24. The predicted octanol–water partition coefficient (Wildman–Crippen LogP) is 3.88. The van der Waals surface area contributed by atoms with Crippen molar-refractivity contribution in [1.82, 2.24) is 5.32 Å². The van der Waals surface area contributed by atoms with E-state index < -0.39 is 23.5 Å². The minimum atomic E-state index is -1.01. The molecule has 0 heterocycles. The van der Waals surface area contributed by atoms with Gasteiger partial charge in [-0.3, -0.25) is 9.59 Å². The zero-order chi connectivity index (χ0) is 20.7. The molecule has 0 saturated heterocycles. The van der Waals surface area contributed by atoms with Gasteiger partial charge in [-0.05, 0) is 36.5 Å². The largest absolute Gasteiger partial charge is 0.452 e. The molecule has 0 aromatic heterocycles. The minimum Gasteiger partial charge on any atom is -0.452 e. The maximum absolute atomic E-state index is 12.3.